The number of hydrogen-bond donors (Lipinski definition) is 0. The molecule has 0 spiro atoms. The standard InChI is InChI=1S/C52H35NS/c1-3-11-36(12-4-1)38-21-27-45(28-22-38)53(46-29-23-39(24-30-46)43-26-32-52-49(34-43)48-17-9-10-18-51(48)54-52)50-35-44(25-31-47(50)40-14-5-2-6-15-40)42-20-19-37-13-7-8-16-41(37)33-42/h1-35H. The van der Waals surface area contributed by atoms with Crippen molar-refractivity contribution in [1.82, 2.24) is 0 Å². The molecule has 0 atom stereocenters. The summed E-state index contributed by atoms with van der Waals surface area (Å²) in [4.78, 5) is 2.42. The summed E-state index contributed by atoms with van der Waals surface area (Å²) in [6, 6.07) is 77.3. The van der Waals surface area contributed by atoms with Gasteiger partial charge in [-0.15, -0.1) is 11.3 Å². The molecule has 1 nitrogen and oxygen atoms in total. The van der Waals surface area contributed by atoms with Gasteiger partial charge in [-0.25, -0.2) is 0 Å². The molecule has 10 aromatic rings. The zero-order valence-corrected chi connectivity index (χ0v) is 30.4. The molecule has 0 fully saturated rings. The Hall–Kier alpha value is -6.74. The van der Waals surface area contributed by atoms with Gasteiger partial charge in [-0.05, 0) is 104 Å². The Labute approximate surface area is 319 Å². The van der Waals surface area contributed by atoms with Crippen LogP contribution in [0.4, 0.5) is 17.1 Å². The van der Waals surface area contributed by atoms with Gasteiger partial charge in [-0.3, -0.25) is 0 Å². The van der Waals surface area contributed by atoms with Crippen molar-refractivity contribution >= 4 is 59.3 Å². The number of nitrogens with zero attached hydrogens (tertiary/aromatic N) is 1. The average Bonchev–Trinajstić information content (AvgIpc) is 3.63. The third kappa shape index (κ3) is 5.93. The number of fused-ring (bicyclic) bond motifs is 4. The van der Waals surface area contributed by atoms with Gasteiger partial charge in [0, 0.05) is 37.1 Å². The Morgan fingerprint density at radius 1 is 0.296 bits per heavy atom. The summed E-state index contributed by atoms with van der Waals surface area (Å²) >= 11 is 1.86. The molecule has 0 unspecified atom stereocenters. The van der Waals surface area contributed by atoms with Gasteiger partial charge in [0.1, 0.15) is 0 Å². The number of thiophene rings is 1. The van der Waals surface area contributed by atoms with E-state index >= 15 is 0 Å². The lowest BCUT2D eigenvalue weighted by Crippen LogP contribution is -2.11. The highest BCUT2D eigenvalue weighted by Crippen LogP contribution is 2.44. The second-order valence-electron chi connectivity index (χ2n) is 13.8. The van der Waals surface area contributed by atoms with Gasteiger partial charge < -0.3 is 4.90 Å². The zero-order valence-electron chi connectivity index (χ0n) is 29.6. The summed E-state index contributed by atoms with van der Waals surface area (Å²) in [6.07, 6.45) is 0. The summed E-state index contributed by atoms with van der Waals surface area (Å²) in [5.41, 5.74) is 12.9. The number of benzene rings is 9. The van der Waals surface area contributed by atoms with E-state index in [1.54, 1.807) is 0 Å². The summed E-state index contributed by atoms with van der Waals surface area (Å²) < 4.78 is 2.65. The van der Waals surface area contributed by atoms with E-state index in [0.29, 0.717) is 0 Å². The largest absolute Gasteiger partial charge is 0.310 e. The van der Waals surface area contributed by atoms with Crippen molar-refractivity contribution in [2.75, 3.05) is 4.90 Å². The van der Waals surface area contributed by atoms with Crippen LogP contribution in [-0.2, 0) is 0 Å². The lowest BCUT2D eigenvalue weighted by atomic mass is 9.95. The van der Waals surface area contributed by atoms with Gasteiger partial charge in [-0.1, -0.05) is 158 Å². The van der Waals surface area contributed by atoms with E-state index in [1.807, 2.05) is 11.3 Å². The van der Waals surface area contributed by atoms with Crippen molar-refractivity contribution in [2.45, 2.75) is 0 Å². The zero-order chi connectivity index (χ0) is 35.8. The highest BCUT2D eigenvalue weighted by molar-refractivity contribution is 7.25. The van der Waals surface area contributed by atoms with Gasteiger partial charge in [0.05, 0.1) is 5.69 Å². The Morgan fingerprint density at radius 2 is 0.796 bits per heavy atom. The van der Waals surface area contributed by atoms with Crippen LogP contribution in [0.1, 0.15) is 0 Å². The molecule has 1 heterocycles. The molecule has 0 saturated heterocycles. The van der Waals surface area contributed by atoms with Crippen molar-refractivity contribution in [2.24, 2.45) is 0 Å². The van der Waals surface area contributed by atoms with E-state index in [-0.39, 0.29) is 0 Å². The first-order valence-electron chi connectivity index (χ1n) is 18.4. The first-order valence-corrected chi connectivity index (χ1v) is 19.2. The quantitative estimate of drug-likeness (QED) is 0.160. The van der Waals surface area contributed by atoms with Crippen LogP contribution in [0.5, 0.6) is 0 Å². The Bertz CT molecular complexity index is 2910. The summed E-state index contributed by atoms with van der Waals surface area (Å²) in [5.74, 6) is 0. The topological polar surface area (TPSA) is 3.24 Å². The Balaban J connectivity index is 1.13. The minimum Gasteiger partial charge on any atom is -0.310 e. The van der Waals surface area contributed by atoms with E-state index in [9.17, 15) is 0 Å². The Morgan fingerprint density at radius 3 is 1.54 bits per heavy atom. The number of anilines is 3. The molecule has 0 bridgehead atoms. The molecule has 1 aromatic heterocycles. The van der Waals surface area contributed by atoms with Crippen LogP contribution in [-0.4, -0.2) is 0 Å². The first kappa shape index (κ1) is 32.0. The molecule has 10 rings (SSSR count). The minimum atomic E-state index is 1.10. The molecule has 2 heteroatoms. The summed E-state index contributed by atoms with van der Waals surface area (Å²) in [5, 5.41) is 5.12. The normalized spacial score (nSPS) is 11.3. The van der Waals surface area contributed by atoms with Crippen molar-refractivity contribution in [3.05, 3.63) is 212 Å². The smallest absolute Gasteiger partial charge is 0.0546 e. The van der Waals surface area contributed by atoms with Crippen LogP contribution >= 0.6 is 11.3 Å². The van der Waals surface area contributed by atoms with Crippen LogP contribution in [0.3, 0.4) is 0 Å². The molecule has 54 heavy (non-hydrogen) atoms. The molecule has 0 N–H and O–H groups in total. The lowest BCUT2D eigenvalue weighted by Gasteiger charge is -2.29. The van der Waals surface area contributed by atoms with E-state index in [1.165, 1.54) is 75.5 Å². The Kier molecular flexibility index (Phi) is 8.09. The third-order valence-corrected chi connectivity index (χ3v) is 11.6. The lowest BCUT2D eigenvalue weighted by molar-refractivity contribution is 1.28. The van der Waals surface area contributed by atoms with Crippen LogP contribution in [0, 0.1) is 0 Å². The summed E-state index contributed by atoms with van der Waals surface area (Å²) in [6.45, 7) is 0. The van der Waals surface area contributed by atoms with Gasteiger partial charge in [0.25, 0.3) is 0 Å². The monoisotopic (exact) mass is 705 g/mol. The fraction of sp³-hybridized carbons (Fsp3) is 0. The molecule has 0 aliphatic rings. The summed E-state index contributed by atoms with van der Waals surface area (Å²) in [7, 11) is 0. The van der Waals surface area contributed by atoms with Crippen LogP contribution in [0.25, 0.3) is 75.5 Å². The van der Waals surface area contributed by atoms with Gasteiger partial charge in [-0.2, -0.15) is 0 Å². The second-order valence-corrected chi connectivity index (χ2v) is 14.8. The van der Waals surface area contributed by atoms with Crippen molar-refractivity contribution in [1.29, 1.82) is 0 Å². The van der Waals surface area contributed by atoms with Crippen LogP contribution < -0.4 is 4.90 Å². The molecular formula is C52H35NS. The van der Waals surface area contributed by atoms with E-state index in [2.05, 4.69) is 217 Å². The molecule has 0 saturated carbocycles. The highest BCUT2D eigenvalue weighted by Gasteiger charge is 2.19. The van der Waals surface area contributed by atoms with E-state index in [0.717, 1.165) is 17.1 Å². The number of rotatable bonds is 7. The molecule has 9 aromatic carbocycles. The van der Waals surface area contributed by atoms with Crippen molar-refractivity contribution in [3.63, 3.8) is 0 Å². The maximum atomic E-state index is 2.42. The van der Waals surface area contributed by atoms with Crippen LogP contribution in [0.2, 0.25) is 0 Å². The molecule has 0 amide bonds. The third-order valence-electron chi connectivity index (χ3n) is 10.5. The van der Waals surface area contributed by atoms with Gasteiger partial charge >= 0.3 is 0 Å². The van der Waals surface area contributed by atoms with Crippen molar-refractivity contribution < 1.29 is 0 Å². The SMILES string of the molecule is c1ccc(-c2ccc(N(c3ccc(-c4ccc5sc6ccccc6c5c4)cc3)c3cc(-c4ccc5ccccc5c4)ccc3-c3ccccc3)cc2)cc1. The first-order chi connectivity index (χ1) is 26.7. The van der Waals surface area contributed by atoms with E-state index in [4.69, 9.17) is 0 Å². The fourth-order valence-corrected chi connectivity index (χ4v) is 8.78. The molecule has 0 radical (unpaired) electrons. The predicted octanol–water partition coefficient (Wildman–Crippen LogP) is 15.3. The highest BCUT2D eigenvalue weighted by atomic mass is 32.1. The van der Waals surface area contributed by atoms with Gasteiger partial charge in [0.2, 0.25) is 0 Å². The predicted molar refractivity (Wildman–Crippen MR) is 233 cm³/mol. The minimum absolute atomic E-state index is 1.10. The molecule has 254 valence electrons. The van der Waals surface area contributed by atoms with Gasteiger partial charge in [0.15, 0.2) is 0 Å². The van der Waals surface area contributed by atoms with Crippen molar-refractivity contribution in [3.8, 4) is 44.5 Å². The fourth-order valence-electron chi connectivity index (χ4n) is 7.70. The maximum Gasteiger partial charge on any atom is 0.0546 e. The van der Waals surface area contributed by atoms with Crippen LogP contribution in [0.15, 0.2) is 212 Å². The molecule has 0 aliphatic heterocycles. The molecular weight excluding hydrogens is 671 g/mol. The number of hydrogen-bond acceptors (Lipinski definition) is 2. The second kappa shape index (κ2) is 13.7. The molecule has 0 aliphatic carbocycles. The van der Waals surface area contributed by atoms with E-state index < -0.39 is 0 Å². The maximum absolute atomic E-state index is 2.42. The average molecular weight is 706 g/mol.